The lowest BCUT2D eigenvalue weighted by Gasteiger charge is -2.01. The minimum Gasteiger partial charge on any atom is -0.382 e. The van der Waals surface area contributed by atoms with E-state index >= 15 is 0 Å². The van der Waals surface area contributed by atoms with Crippen molar-refractivity contribution in [3.63, 3.8) is 0 Å². The molecule has 10 nitrogen and oxygen atoms in total. The van der Waals surface area contributed by atoms with Crippen LogP contribution in [-0.4, -0.2) is 34.5 Å². The number of hydrogen-bond donors (Lipinski definition) is 1. The highest BCUT2D eigenvalue weighted by atomic mass is 15.4. The van der Waals surface area contributed by atoms with Crippen molar-refractivity contribution in [2.24, 2.45) is 10.2 Å². The van der Waals surface area contributed by atoms with Gasteiger partial charge < -0.3 is 5.73 Å². The number of hydrogen-bond acceptors (Lipinski definition) is 8. The molecule has 3 aromatic heterocycles. The van der Waals surface area contributed by atoms with E-state index in [1.165, 1.54) is 4.68 Å². The maximum atomic E-state index is 6.18. The Labute approximate surface area is 154 Å². The first kappa shape index (κ1) is 16.5. The fraction of sp³-hybridized carbons (Fsp3) is 0.118. The lowest BCUT2D eigenvalue weighted by atomic mass is 10.3. The molecule has 0 fully saturated rings. The SMILES string of the molecule is Cc1nc(N=Nc2c(C)nn(-c3ncccn3)c2N)n(-c2ccccc2)n1. The zero-order valence-electron chi connectivity index (χ0n) is 14.7. The van der Waals surface area contributed by atoms with Gasteiger partial charge in [-0.15, -0.1) is 15.3 Å². The molecule has 0 saturated carbocycles. The lowest BCUT2D eigenvalue weighted by molar-refractivity contribution is 0.805. The minimum atomic E-state index is 0.296. The molecule has 0 aliphatic carbocycles. The van der Waals surface area contributed by atoms with Gasteiger partial charge in [0.25, 0.3) is 11.9 Å². The van der Waals surface area contributed by atoms with Gasteiger partial charge >= 0.3 is 0 Å². The van der Waals surface area contributed by atoms with Crippen LogP contribution in [0.2, 0.25) is 0 Å². The second-order valence-electron chi connectivity index (χ2n) is 5.69. The third-order valence-corrected chi connectivity index (χ3v) is 3.74. The van der Waals surface area contributed by atoms with E-state index in [1.807, 2.05) is 30.3 Å². The number of aromatic nitrogens is 7. The molecule has 0 atom stereocenters. The summed E-state index contributed by atoms with van der Waals surface area (Å²) in [6.07, 6.45) is 3.23. The van der Waals surface area contributed by atoms with E-state index in [9.17, 15) is 0 Å². The molecule has 0 aliphatic heterocycles. The molecule has 27 heavy (non-hydrogen) atoms. The van der Waals surface area contributed by atoms with Crippen LogP contribution in [0, 0.1) is 13.8 Å². The minimum absolute atomic E-state index is 0.296. The average Bonchev–Trinajstić information content (AvgIpc) is 3.21. The molecule has 0 unspecified atom stereocenters. The van der Waals surface area contributed by atoms with Crippen LogP contribution in [0.5, 0.6) is 0 Å². The number of rotatable bonds is 4. The van der Waals surface area contributed by atoms with Crippen LogP contribution >= 0.6 is 0 Å². The molecule has 0 spiro atoms. The lowest BCUT2D eigenvalue weighted by Crippen LogP contribution is -2.05. The first-order chi connectivity index (χ1) is 13.1. The van der Waals surface area contributed by atoms with Gasteiger partial charge in [0.15, 0.2) is 11.5 Å². The fourth-order valence-corrected chi connectivity index (χ4v) is 2.52. The summed E-state index contributed by atoms with van der Waals surface area (Å²) in [5.41, 5.74) is 8.05. The molecular formula is C17H16N10. The number of azo groups is 1. The second-order valence-corrected chi connectivity index (χ2v) is 5.69. The zero-order chi connectivity index (χ0) is 18.8. The van der Waals surface area contributed by atoms with Crippen molar-refractivity contribution >= 4 is 17.5 Å². The fourth-order valence-electron chi connectivity index (χ4n) is 2.52. The number of nitrogens with two attached hydrogens (primary N) is 1. The quantitative estimate of drug-likeness (QED) is 0.558. The summed E-state index contributed by atoms with van der Waals surface area (Å²) < 4.78 is 3.05. The summed E-state index contributed by atoms with van der Waals surface area (Å²) in [7, 11) is 0. The van der Waals surface area contributed by atoms with Gasteiger partial charge in [-0.2, -0.15) is 19.4 Å². The van der Waals surface area contributed by atoms with E-state index in [-0.39, 0.29) is 0 Å². The van der Waals surface area contributed by atoms with E-state index in [0.717, 1.165) is 5.69 Å². The van der Waals surface area contributed by atoms with E-state index in [0.29, 0.717) is 34.9 Å². The molecule has 0 saturated heterocycles. The molecule has 2 N–H and O–H groups in total. The van der Waals surface area contributed by atoms with Gasteiger partial charge in [0, 0.05) is 12.4 Å². The van der Waals surface area contributed by atoms with Crippen molar-refractivity contribution in [1.82, 2.24) is 34.5 Å². The third-order valence-electron chi connectivity index (χ3n) is 3.74. The number of aryl methyl sites for hydroxylation is 2. The molecule has 134 valence electrons. The Morgan fingerprint density at radius 3 is 2.37 bits per heavy atom. The summed E-state index contributed by atoms with van der Waals surface area (Å²) in [6.45, 7) is 3.58. The largest absolute Gasteiger partial charge is 0.382 e. The molecule has 0 radical (unpaired) electrons. The van der Waals surface area contributed by atoms with Crippen molar-refractivity contribution in [1.29, 1.82) is 0 Å². The second kappa shape index (κ2) is 6.75. The molecule has 4 aromatic rings. The Kier molecular flexibility index (Phi) is 4.13. The number of benzene rings is 1. The molecule has 3 heterocycles. The number of anilines is 1. The normalized spacial score (nSPS) is 11.3. The maximum absolute atomic E-state index is 6.18. The molecule has 0 amide bonds. The summed E-state index contributed by atoms with van der Waals surface area (Å²) in [5.74, 6) is 1.60. The highest BCUT2D eigenvalue weighted by molar-refractivity contribution is 5.62. The van der Waals surface area contributed by atoms with Gasteiger partial charge in [0.05, 0.1) is 11.4 Å². The Hall–Kier alpha value is -3.95. The van der Waals surface area contributed by atoms with Crippen molar-refractivity contribution in [3.8, 4) is 11.6 Å². The Morgan fingerprint density at radius 2 is 1.63 bits per heavy atom. The molecule has 10 heteroatoms. The van der Waals surface area contributed by atoms with Crippen LogP contribution in [0.25, 0.3) is 11.6 Å². The van der Waals surface area contributed by atoms with Gasteiger partial charge in [-0.3, -0.25) is 0 Å². The molecule has 1 aromatic carbocycles. The Bertz CT molecular complexity index is 1100. The van der Waals surface area contributed by atoms with Gasteiger partial charge in [-0.1, -0.05) is 18.2 Å². The van der Waals surface area contributed by atoms with Crippen LogP contribution in [0.3, 0.4) is 0 Å². The average molecular weight is 360 g/mol. The van der Waals surface area contributed by atoms with Gasteiger partial charge in [-0.05, 0) is 32.0 Å². The maximum Gasteiger partial charge on any atom is 0.272 e. The zero-order valence-corrected chi connectivity index (χ0v) is 14.7. The Morgan fingerprint density at radius 1 is 0.889 bits per heavy atom. The summed E-state index contributed by atoms with van der Waals surface area (Å²) >= 11 is 0. The van der Waals surface area contributed by atoms with Crippen LogP contribution < -0.4 is 5.73 Å². The van der Waals surface area contributed by atoms with E-state index < -0.39 is 0 Å². The van der Waals surface area contributed by atoms with Crippen LogP contribution in [0.15, 0.2) is 59.0 Å². The first-order valence-electron chi connectivity index (χ1n) is 8.17. The van der Waals surface area contributed by atoms with Gasteiger partial charge in [-0.25, -0.2) is 9.97 Å². The van der Waals surface area contributed by atoms with E-state index in [4.69, 9.17) is 5.73 Å². The van der Waals surface area contributed by atoms with Crippen molar-refractivity contribution < 1.29 is 0 Å². The molecule has 0 bridgehead atoms. The standard InChI is InChI=1S/C17H16N10/c1-11-14(15(18)27(24-11)16-19-9-6-10-20-16)22-23-17-21-12(2)25-26(17)13-7-4-3-5-8-13/h3-10H,18H2,1-2H3. The van der Waals surface area contributed by atoms with Crippen molar-refractivity contribution in [3.05, 3.63) is 60.3 Å². The number of para-hydroxylation sites is 1. The van der Waals surface area contributed by atoms with Crippen LogP contribution in [-0.2, 0) is 0 Å². The molecule has 0 aliphatic rings. The summed E-state index contributed by atoms with van der Waals surface area (Å²) in [6, 6.07) is 11.3. The Balaban J connectivity index is 1.72. The van der Waals surface area contributed by atoms with Crippen molar-refractivity contribution in [2.45, 2.75) is 13.8 Å². The summed E-state index contributed by atoms with van der Waals surface area (Å²) in [5, 5.41) is 17.2. The molecule has 4 rings (SSSR count). The molecular weight excluding hydrogens is 344 g/mol. The van der Waals surface area contributed by atoms with E-state index in [1.54, 1.807) is 37.0 Å². The van der Waals surface area contributed by atoms with Gasteiger partial charge in [0.2, 0.25) is 0 Å². The van der Waals surface area contributed by atoms with Gasteiger partial charge in [0.1, 0.15) is 5.82 Å². The number of nitrogen functional groups attached to an aromatic ring is 1. The predicted octanol–water partition coefficient (Wildman–Crippen LogP) is 2.86. The third kappa shape index (κ3) is 3.15. The van der Waals surface area contributed by atoms with E-state index in [2.05, 4.69) is 35.4 Å². The van der Waals surface area contributed by atoms with Crippen LogP contribution in [0.1, 0.15) is 11.5 Å². The highest BCUT2D eigenvalue weighted by Gasteiger charge is 2.16. The van der Waals surface area contributed by atoms with Crippen molar-refractivity contribution in [2.75, 3.05) is 5.73 Å². The summed E-state index contributed by atoms with van der Waals surface area (Å²) in [4.78, 5) is 12.6. The number of nitrogens with zero attached hydrogens (tertiary/aromatic N) is 9. The van der Waals surface area contributed by atoms with Crippen LogP contribution in [0.4, 0.5) is 17.5 Å². The smallest absolute Gasteiger partial charge is 0.272 e. The highest BCUT2D eigenvalue weighted by Crippen LogP contribution is 2.29. The monoisotopic (exact) mass is 360 g/mol. The first-order valence-corrected chi connectivity index (χ1v) is 8.17. The topological polar surface area (TPSA) is 125 Å². The predicted molar refractivity (Wildman–Crippen MR) is 98.6 cm³/mol.